The SMILES string of the molecule is CCN=c1scc(-c2ccc(Cl)cc2Cl)n1NC1=CCCC1. The van der Waals surface area contributed by atoms with Gasteiger partial charge in [-0.15, -0.1) is 11.3 Å². The standard InChI is InChI=1S/C16H17Cl2N3S/c1-2-19-16-21(20-12-5-3-4-6-12)15(10-22-16)13-8-7-11(17)9-14(13)18/h5,7-10,20H,2-4,6H2,1H3. The fourth-order valence-electron chi connectivity index (χ4n) is 2.47. The van der Waals surface area contributed by atoms with Crippen molar-refractivity contribution in [2.24, 2.45) is 4.99 Å². The van der Waals surface area contributed by atoms with Crippen LogP contribution in [-0.4, -0.2) is 11.2 Å². The Morgan fingerprint density at radius 3 is 2.91 bits per heavy atom. The van der Waals surface area contributed by atoms with Crippen molar-refractivity contribution in [3.63, 3.8) is 0 Å². The van der Waals surface area contributed by atoms with Gasteiger partial charge in [0, 0.05) is 28.2 Å². The van der Waals surface area contributed by atoms with Crippen LogP contribution in [0.5, 0.6) is 0 Å². The first-order chi connectivity index (χ1) is 10.7. The van der Waals surface area contributed by atoms with Gasteiger partial charge in [0.1, 0.15) is 0 Å². The summed E-state index contributed by atoms with van der Waals surface area (Å²) < 4.78 is 2.03. The number of nitrogens with zero attached hydrogens (tertiary/aromatic N) is 2. The van der Waals surface area contributed by atoms with Crippen molar-refractivity contribution in [2.75, 3.05) is 12.0 Å². The van der Waals surface area contributed by atoms with E-state index in [0.717, 1.165) is 35.4 Å². The van der Waals surface area contributed by atoms with E-state index in [-0.39, 0.29) is 0 Å². The zero-order valence-corrected chi connectivity index (χ0v) is 14.6. The summed E-state index contributed by atoms with van der Waals surface area (Å²) in [7, 11) is 0. The normalized spacial score (nSPS) is 15.2. The minimum Gasteiger partial charge on any atom is -0.296 e. The molecular formula is C16H17Cl2N3S. The summed E-state index contributed by atoms with van der Waals surface area (Å²) in [6.07, 6.45) is 5.64. The Labute approximate surface area is 143 Å². The quantitative estimate of drug-likeness (QED) is 0.817. The number of aromatic nitrogens is 1. The monoisotopic (exact) mass is 353 g/mol. The molecule has 1 aromatic carbocycles. The van der Waals surface area contributed by atoms with Crippen LogP contribution >= 0.6 is 34.5 Å². The molecule has 2 aromatic rings. The van der Waals surface area contributed by atoms with Crippen LogP contribution in [0.3, 0.4) is 0 Å². The van der Waals surface area contributed by atoms with Crippen LogP contribution in [-0.2, 0) is 0 Å². The predicted molar refractivity (Wildman–Crippen MR) is 95.2 cm³/mol. The van der Waals surface area contributed by atoms with Crippen LogP contribution < -0.4 is 10.2 Å². The lowest BCUT2D eigenvalue weighted by molar-refractivity contribution is 0.827. The maximum Gasteiger partial charge on any atom is 0.204 e. The van der Waals surface area contributed by atoms with Crippen LogP contribution in [0.1, 0.15) is 26.2 Å². The first-order valence-electron chi connectivity index (χ1n) is 7.31. The van der Waals surface area contributed by atoms with Crippen LogP contribution in [0.2, 0.25) is 10.0 Å². The number of halogens is 2. The molecule has 3 nitrogen and oxygen atoms in total. The van der Waals surface area contributed by atoms with Crippen molar-refractivity contribution in [3.8, 4) is 11.3 Å². The van der Waals surface area contributed by atoms with Crippen molar-refractivity contribution in [2.45, 2.75) is 26.2 Å². The Morgan fingerprint density at radius 1 is 1.36 bits per heavy atom. The van der Waals surface area contributed by atoms with Crippen LogP contribution in [0, 0.1) is 0 Å². The van der Waals surface area contributed by atoms with Crippen molar-refractivity contribution < 1.29 is 0 Å². The van der Waals surface area contributed by atoms with E-state index in [1.54, 1.807) is 17.4 Å². The first-order valence-corrected chi connectivity index (χ1v) is 8.95. The molecule has 3 rings (SSSR count). The van der Waals surface area contributed by atoms with Gasteiger partial charge in [-0.25, -0.2) is 4.68 Å². The van der Waals surface area contributed by atoms with Crippen LogP contribution in [0.4, 0.5) is 0 Å². The summed E-state index contributed by atoms with van der Waals surface area (Å²) in [5.74, 6) is 0. The molecule has 0 saturated carbocycles. The molecular weight excluding hydrogens is 337 g/mol. The van der Waals surface area contributed by atoms with Gasteiger partial charge in [0.05, 0.1) is 10.7 Å². The van der Waals surface area contributed by atoms with E-state index >= 15 is 0 Å². The molecule has 0 unspecified atom stereocenters. The summed E-state index contributed by atoms with van der Waals surface area (Å²) in [5, 5.41) is 3.36. The Morgan fingerprint density at radius 2 is 2.23 bits per heavy atom. The molecule has 1 aliphatic carbocycles. The number of benzene rings is 1. The average Bonchev–Trinajstić information content (AvgIpc) is 3.12. The maximum atomic E-state index is 6.37. The van der Waals surface area contributed by atoms with Crippen LogP contribution in [0.25, 0.3) is 11.3 Å². The van der Waals surface area contributed by atoms with Gasteiger partial charge in [-0.05, 0) is 44.4 Å². The van der Waals surface area contributed by atoms with E-state index in [0.29, 0.717) is 10.0 Å². The summed E-state index contributed by atoms with van der Waals surface area (Å²) in [6.45, 7) is 2.78. The van der Waals surface area contributed by atoms with E-state index in [1.165, 1.54) is 12.1 Å². The van der Waals surface area contributed by atoms with E-state index in [4.69, 9.17) is 23.2 Å². The Kier molecular flexibility index (Phi) is 4.91. The number of allylic oxidation sites excluding steroid dienone is 2. The number of hydrogen-bond donors (Lipinski definition) is 1. The summed E-state index contributed by atoms with van der Waals surface area (Å²) in [5.41, 5.74) is 6.68. The third-order valence-corrected chi connectivity index (χ3v) is 4.92. The van der Waals surface area contributed by atoms with E-state index < -0.39 is 0 Å². The zero-order valence-electron chi connectivity index (χ0n) is 12.3. The summed E-state index contributed by atoms with van der Waals surface area (Å²) in [4.78, 5) is 5.51. The number of nitrogens with one attached hydrogen (secondary N) is 1. The smallest absolute Gasteiger partial charge is 0.204 e. The molecule has 0 atom stereocenters. The van der Waals surface area contributed by atoms with Crippen molar-refractivity contribution in [3.05, 3.63) is 50.2 Å². The number of thiazole rings is 1. The third-order valence-electron chi connectivity index (χ3n) is 3.51. The van der Waals surface area contributed by atoms with Gasteiger partial charge >= 0.3 is 0 Å². The predicted octanol–water partition coefficient (Wildman–Crippen LogP) is 5.06. The van der Waals surface area contributed by atoms with Gasteiger partial charge in [0.25, 0.3) is 0 Å². The molecule has 22 heavy (non-hydrogen) atoms. The highest BCUT2D eigenvalue weighted by atomic mass is 35.5. The molecule has 1 N–H and O–H groups in total. The third kappa shape index (κ3) is 3.24. The zero-order chi connectivity index (χ0) is 15.5. The van der Waals surface area contributed by atoms with Gasteiger partial charge in [0.15, 0.2) is 0 Å². The van der Waals surface area contributed by atoms with E-state index in [1.807, 2.05) is 23.7 Å². The van der Waals surface area contributed by atoms with E-state index in [9.17, 15) is 0 Å². The average molecular weight is 354 g/mol. The highest BCUT2D eigenvalue weighted by Crippen LogP contribution is 2.30. The largest absolute Gasteiger partial charge is 0.296 e. The molecule has 0 amide bonds. The lowest BCUT2D eigenvalue weighted by Crippen LogP contribution is -2.26. The molecule has 116 valence electrons. The Hall–Kier alpha value is -1.23. The molecule has 0 fully saturated rings. The van der Waals surface area contributed by atoms with Gasteiger partial charge in [0.2, 0.25) is 4.80 Å². The first kappa shape index (κ1) is 15.7. The van der Waals surface area contributed by atoms with E-state index in [2.05, 4.69) is 21.9 Å². The van der Waals surface area contributed by atoms with Gasteiger partial charge < -0.3 is 0 Å². The van der Waals surface area contributed by atoms with Gasteiger partial charge in [-0.1, -0.05) is 29.3 Å². The second kappa shape index (κ2) is 6.90. The maximum absolute atomic E-state index is 6.37. The number of hydrogen-bond acceptors (Lipinski definition) is 3. The van der Waals surface area contributed by atoms with Crippen molar-refractivity contribution >= 4 is 34.5 Å². The molecule has 6 heteroatoms. The second-order valence-corrected chi connectivity index (χ2v) is 6.75. The van der Waals surface area contributed by atoms with Gasteiger partial charge in [-0.3, -0.25) is 10.4 Å². The minimum absolute atomic E-state index is 0.639. The molecule has 1 aliphatic rings. The highest BCUT2D eigenvalue weighted by molar-refractivity contribution is 7.07. The fraction of sp³-hybridized carbons (Fsp3) is 0.312. The molecule has 0 saturated heterocycles. The second-order valence-electron chi connectivity index (χ2n) is 5.07. The lowest BCUT2D eigenvalue weighted by Gasteiger charge is -2.13. The summed E-state index contributed by atoms with van der Waals surface area (Å²) >= 11 is 14.0. The van der Waals surface area contributed by atoms with Crippen molar-refractivity contribution in [1.29, 1.82) is 0 Å². The van der Waals surface area contributed by atoms with Crippen LogP contribution in [0.15, 0.2) is 40.3 Å². The minimum atomic E-state index is 0.639. The molecule has 0 spiro atoms. The van der Waals surface area contributed by atoms with Gasteiger partial charge in [-0.2, -0.15) is 0 Å². The molecule has 0 bridgehead atoms. The van der Waals surface area contributed by atoms with Crippen molar-refractivity contribution in [1.82, 2.24) is 4.68 Å². The molecule has 0 radical (unpaired) electrons. The Balaban J connectivity index is 2.09. The summed E-state index contributed by atoms with van der Waals surface area (Å²) in [6, 6.07) is 5.58. The molecule has 1 aromatic heterocycles. The lowest BCUT2D eigenvalue weighted by atomic mass is 10.2. The highest BCUT2D eigenvalue weighted by Gasteiger charge is 2.13. The topological polar surface area (TPSA) is 29.3 Å². The molecule has 0 aliphatic heterocycles. The molecule has 1 heterocycles. The number of rotatable bonds is 4. The fourth-order valence-corrected chi connectivity index (χ4v) is 3.87. The Bertz CT molecular complexity index is 774.